The van der Waals surface area contributed by atoms with Gasteiger partial charge in [0.15, 0.2) is 0 Å². The van der Waals surface area contributed by atoms with E-state index in [1.807, 2.05) is 48.5 Å². The fraction of sp³-hybridized carbons (Fsp3) is 0.158. The van der Waals surface area contributed by atoms with Crippen LogP contribution >= 0.6 is 0 Å². The van der Waals surface area contributed by atoms with Gasteiger partial charge in [-0.2, -0.15) is 5.26 Å². The fourth-order valence-corrected chi connectivity index (χ4v) is 2.59. The molecule has 3 rings (SSSR count). The Kier molecular flexibility index (Phi) is 3.52. The number of hydrogen-bond acceptors (Lipinski definition) is 2. The van der Waals surface area contributed by atoms with E-state index < -0.39 is 0 Å². The van der Waals surface area contributed by atoms with Gasteiger partial charge in [-0.1, -0.05) is 44.2 Å². The highest BCUT2D eigenvalue weighted by molar-refractivity contribution is 6.03. The highest BCUT2D eigenvalue weighted by Gasteiger charge is 2.15. The Morgan fingerprint density at radius 3 is 2.41 bits per heavy atom. The lowest BCUT2D eigenvalue weighted by atomic mass is 10.0. The molecule has 1 aromatic heterocycles. The predicted molar refractivity (Wildman–Crippen MR) is 86.9 cm³/mol. The van der Waals surface area contributed by atoms with Crippen molar-refractivity contribution in [3.63, 3.8) is 0 Å². The zero-order valence-corrected chi connectivity index (χ0v) is 12.6. The van der Waals surface area contributed by atoms with Crippen LogP contribution in [0.15, 0.2) is 54.7 Å². The Bertz CT molecular complexity index is 880. The van der Waals surface area contributed by atoms with E-state index in [1.54, 1.807) is 10.8 Å². The molecule has 0 saturated carbocycles. The molecule has 108 valence electrons. The van der Waals surface area contributed by atoms with Crippen LogP contribution in [0.4, 0.5) is 0 Å². The van der Waals surface area contributed by atoms with Crippen LogP contribution in [0.3, 0.4) is 0 Å². The number of fused-ring (bicyclic) bond motifs is 1. The first-order valence-electron chi connectivity index (χ1n) is 7.26. The molecule has 1 heterocycles. The topological polar surface area (TPSA) is 45.8 Å². The van der Waals surface area contributed by atoms with Gasteiger partial charge in [-0.15, -0.1) is 0 Å². The van der Waals surface area contributed by atoms with Crippen LogP contribution in [0, 0.1) is 11.3 Å². The van der Waals surface area contributed by atoms with Gasteiger partial charge in [0.1, 0.15) is 6.07 Å². The molecule has 0 bridgehead atoms. The SMILES string of the molecule is CC(C)c1ccc(C(=O)n2cc(C#N)c3ccccc32)cc1. The monoisotopic (exact) mass is 288 g/mol. The second-order valence-corrected chi connectivity index (χ2v) is 5.62. The van der Waals surface area contributed by atoms with Gasteiger partial charge in [0, 0.05) is 17.1 Å². The quantitative estimate of drug-likeness (QED) is 0.704. The van der Waals surface area contributed by atoms with Crippen molar-refractivity contribution in [3.05, 3.63) is 71.4 Å². The maximum Gasteiger partial charge on any atom is 0.262 e. The summed E-state index contributed by atoms with van der Waals surface area (Å²) in [7, 11) is 0. The minimum atomic E-state index is -0.118. The van der Waals surface area contributed by atoms with Crippen molar-refractivity contribution in [1.29, 1.82) is 5.26 Å². The van der Waals surface area contributed by atoms with Crippen molar-refractivity contribution in [2.45, 2.75) is 19.8 Å². The van der Waals surface area contributed by atoms with Crippen LogP contribution in [0.2, 0.25) is 0 Å². The molecule has 3 aromatic rings. The average molecular weight is 288 g/mol. The Labute approximate surface area is 129 Å². The zero-order chi connectivity index (χ0) is 15.7. The number of benzene rings is 2. The summed E-state index contributed by atoms with van der Waals surface area (Å²) in [5.41, 5.74) is 3.10. The van der Waals surface area contributed by atoms with E-state index in [1.165, 1.54) is 5.56 Å². The molecule has 0 aliphatic carbocycles. The van der Waals surface area contributed by atoms with Crippen LogP contribution < -0.4 is 0 Å². The lowest BCUT2D eigenvalue weighted by molar-refractivity contribution is 0.0965. The first kappa shape index (κ1) is 14.1. The minimum Gasteiger partial charge on any atom is -0.282 e. The number of nitrogens with zero attached hydrogens (tertiary/aromatic N) is 2. The smallest absolute Gasteiger partial charge is 0.262 e. The summed E-state index contributed by atoms with van der Waals surface area (Å²) in [6, 6.07) is 17.3. The Hall–Kier alpha value is -2.86. The van der Waals surface area contributed by atoms with E-state index in [9.17, 15) is 10.1 Å². The number of nitriles is 1. The van der Waals surface area contributed by atoms with Gasteiger partial charge in [0.2, 0.25) is 0 Å². The van der Waals surface area contributed by atoms with E-state index in [0.29, 0.717) is 17.0 Å². The fourth-order valence-electron chi connectivity index (χ4n) is 2.59. The third-order valence-corrected chi connectivity index (χ3v) is 3.88. The maximum atomic E-state index is 12.7. The molecule has 0 amide bonds. The molecule has 0 radical (unpaired) electrons. The second-order valence-electron chi connectivity index (χ2n) is 5.62. The standard InChI is InChI=1S/C19H16N2O/c1-13(2)14-7-9-15(10-8-14)19(22)21-12-16(11-20)17-5-3-4-6-18(17)21/h3-10,12-13H,1-2H3. The maximum absolute atomic E-state index is 12.7. The number of carbonyl (C=O) groups excluding carboxylic acids is 1. The lowest BCUT2D eigenvalue weighted by Gasteiger charge is -2.07. The van der Waals surface area contributed by atoms with Gasteiger partial charge in [0.05, 0.1) is 11.1 Å². The molecule has 0 fully saturated rings. The Morgan fingerprint density at radius 2 is 1.77 bits per heavy atom. The van der Waals surface area contributed by atoms with Gasteiger partial charge in [0.25, 0.3) is 5.91 Å². The highest BCUT2D eigenvalue weighted by atomic mass is 16.2. The minimum absolute atomic E-state index is 0.118. The number of para-hydroxylation sites is 1. The Morgan fingerprint density at radius 1 is 1.09 bits per heavy atom. The van der Waals surface area contributed by atoms with Gasteiger partial charge < -0.3 is 0 Å². The number of rotatable bonds is 2. The van der Waals surface area contributed by atoms with Crippen molar-refractivity contribution in [1.82, 2.24) is 4.57 Å². The Balaban J connectivity index is 2.08. The highest BCUT2D eigenvalue weighted by Crippen LogP contribution is 2.22. The molecule has 0 unspecified atom stereocenters. The van der Waals surface area contributed by atoms with Crippen LogP contribution in [-0.2, 0) is 0 Å². The van der Waals surface area contributed by atoms with Crippen LogP contribution in [0.1, 0.15) is 41.3 Å². The van der Waals surface area contributed by atoms with Crippen molar-refractivity contribution >= 4 is 16.8 Å². The molecule has 0 N–H and O–H groups in total. The van der Waals surface area contributed by atoms with Crippen LogP contribution in [0.25, 0.3) is 10.9 Å². The van der Waals surface area contributed by atoms with E-state index in [0.717, 1.165) is 10.9 Å². The van der Waals surface area contributed by atoms with E-state index in [-0.39, 0.29) is 5.91 Å². The largest absolute Gasteiger partial charge is 0.282 e. The van der Waals surface area contributed by atoms with Crippen LogP contribution in [0.5, 0.6) is 0 Å². The summed E-state index contributed by atoms with van der Waals surface area (Å²) in [6.07, 6.45) is 1.61. The van der Waals surface area contributed by atoms with Gasteiger partial charge in [-0.3, -0.25) is 9.36 Å². The number of aromatic nitrogens is 1. The molecule has 2 aromatic carbocycles. The summed E-state index contributed by atoms with van der Waals surface area (Å²) in [6.45, 7) is 4.24. The van der Waals surface area contributed by atoms with Crippen molar-refractivity contribution in [2.24, 2.45) is 0 Å². The third-order valence-electron chi connectivity index (χ3n) is 3.88. The summed E-state index contributed by atoms with van der Waals surface area (Å²) in [5, 5.41) is 10.0. The lowest BCUT2D eigenvalue weighted by Crippen LogP contribution is -2.10. The molecule has 0 aliphatic heterocycles. The van der Waals surface area contributed by atoms with Crippen LogP contribution in [-0.4, -0.2) is 10.5 Å². The van der Waals surface area contributed by atoms with Gasteiger partial charge in [-0.05, 0) is 29.7 Å². The first-order valence-corrected chi connectivity index (χ1v) is 7.26. The molecule has 0 aliphatic rings. The first-order chi connectivity index (χ1) is 10.6. The van der Waals surface area contributed by atoms with Crippen molar-refractivity contribution in [3.8, 4) is 6.07 Å². The van der Waals surface area contributed by atoms with E-state index >= 15 is 0 Å². The van der Waals surface area contributed by atoms with E-state index in [2.05, 4.69) is 19.9 Å². The number of carbonyl (C=O) groups is 1. The predicted octanol–water partition coefficient (Wildman–Crippen LogP) is 4.32. The molecule has 0 spiro atoms. The number of hydrogen-bond donors (Lipinski definition) is 0. The summed E-state index contributed by atoms with van der Waals surface area (Å²) in [5.74, 6) is 0.315. The van der Waals surface area contributed by atoms with Gasteiger partial charge >= 0.3 is 0 Å². The molecule has 3 nitrogen and oxygen atoms in total. The van der Waals surface area contributed by atoms with E-state index in [4.69, 9.17) is 0 Å². The average Bonchev–Trinajstić information content (AvgIpc) is 2.93. The molecule has 0 atom stereocenters. The molecule has 22 heavy (non-hydrogen) atoms. The third kappa shape index (κ3) is 2.29. The second kappa shape index (κ2) is 5.50. The van der Waals surface area contributed by atoms with Gasteiger partial charge in [-0.25, -0.2) is 0 Å². The summed E-state index contributed by atoms with van der Waals surface area (Å²) < 4.78 is 1.55. The molecular weight excluding hydrogens is 272 g/mol. The molecular formula is C19H16N2O. The summed E-state index contributed by atoms with van der Waals surface area (Å²) >= 11 is 0. The van der Waals surface area contributed by atoms with Crippen molar-refractivity contribution in [2.75, 3.05) is 0 Å². The zero-order valence-electron chi connectivity index (χ0n) is 12.6. The summed E-state index contributed by atoms with van der Waals surface area (Å²) in [4.78, 5) is 12.7. The molecule has 3 heteroatoms. The normalized spacial score (nSPS) is 10.8. The molecule has 0 saturated heterocycles. The van der Waals surface area contributed by atoms with Crippen molar-refractivity contribution < 1.29 is 4.79 Å².